The van der Waals surface area contributed by atoms with Crippen molar-refractivity contribution < 1.29 is 19.8 Å². The van der Waals surface area contributed by atoms with Gasteiger partial charge >= 0.3 is 11.9 Å². The summed E-state index contributed by atoms with van der Waals surface area (Å²) < 4.78 is 0. The fourth-order valence-electron chi connectivity index (χ4n) is 2.23. The van der Waals surface area contributed by atoms with Crippen LogP contribution in [0.2, 0.25) is 0 Å². The Morgan fingerprint density at radius 2 is 1.84 bits per heavy atom. The fraction of sp³-hybridized carbons (Fsp3) is 0.231. The van der Waals surface area contributed by atoms with Gasteiger partial charge in [0.2, 0.25) is 0 Å². The SMILES string of the molecule is NCCc1c(C(C(=O)O)C(=O)O)[nH]c2ccccc12. The Hall–Kier alpha value is -2.34. The molecule has 0 amide bonds. The minimum Gasteiger partial charge on any atom is -0.480 e. The van der Waals surface area contributed by atoms with Crippen molar-refractivity contribution in [2.24, 2.45) is 5.73 Å². The van der Waals surface area contributed by atoms with Gasteiger partial charge in [-0.05, 0) is 24.6 Å². The molecule has 1 aromatic carbocycles. The zero-order valence-corrected chi connectivity index (χ0v) is 10.1. The van der Waals surface area contributed by atoms with Gasteiger partial charge in [0.1, 0.15) is 0 Å². The van der Waals surface area contributed by atoms with Crippen LogP contribution in [0.4, 0.5) is 0 Å². The van der Waals surface area contributed by atoms with Crippen LogP contribution < -0.4 is 5.73 Å². The average Bonchev–Trinajstić information content (AvgIpc) is 2.68. The quantitative estimate of drug-likeness (QED) is 0.598. The van der Waals surface area contributed by atoms with Crippen molar-refractivity contribution in [3.63, 3.8) is 0 Å². The van der Waals surface area contributed by atoms with Gasteiger partial charge in [-0.1, -0.05) is 18.2 Å². The first-order valence-corrected chi connectivity index (χ1v) is 5.81. The summed E-state index contributed by atoms with van der Waals surface area (Å²) in [6, 6.07) is 7.21. The number of hydrogen-bond donors (Lipinski definition) is 4. The highest BCUT2D eigenvalue weighted by molar-refractivity contribution is 6.01. The van der Waals surface area contributed by atoms with Crippen molar-refractivity contribution in [3.8, 4) is 0 Å². The van der Waals surface area contributed by atoms with E-state index in [-0.39, 0.29) is 5.69 Å². The largest absolute Gasteiger partial charge is 0.480 e. The smallest absolute Gasteiger partial charge is 0.324 e. The van der Waals surface area contributed by atoms with Crippen LogP contribution in [-0.4, -0.2) is 33.7 Å². The van der Waals surface area contributed by atoms with E-state index >= 15 is 0 Å². The van der Waals surface area contributed by atoms with Gasteiger partial charge in [0, 0.05) is 16.6 Å². The summed E-state index contributed by atoms with van der Waals surface area (Å²) in [7, 11) is 0. The van der Waals surface area contributed by atoms with Gasteiger partial charge in [-0.25, -0.2) is 0 Å². The molecule has 0 aliphatic carbocycles. The summed E-state index contributed by atoms with van der Waals surface area (Å²) in [6.45, 7) is 0.320. The zero-order valence-electron chi connectivity index (χ0n) is 10.1. The minimum absolute atomic E-state index is 0.201. The maximum atomic E-state index is 11.1. The second-order valence-electron chi connectivity index (χ2n) is 4.21. The molecule has 0 saturated heterocycles. The third-order valence-electron chi connectivity index (χ3n) is 3.02. The third kappa shape index (κ3) is 2.30. The number of nitrogens with two attached hydrogens (primary N) is 1. The summed E-state index contributed by atoms with van der Waals surface area (Å²) in [4.78, 5) is 25.2. The number of H-pyrrole nitrogens is 1. The van der Waals surface area contributed by atoms with Crippen LogP contribution in [0, 0.1) is 0 Å². The summed E-state index contributed by atoms with van der Waals surface area (Å²) in [5.74, 6) is -4.39. The minimum atomic E-state index is -1.60. The summed E-state index contributed by atoms with van der Waals surface area (Å²) in [5.41, 5.74) is 7.10. The van der Waals surface area contributed by atoms with Gasteiger partial charge in [-0.15, -0.1) is 0 Å². The molecule has 1 aromatic heterocycles. The van der Waals surface area contributed by atoms with Crippen LogP contribution in [0.5, 0.6) is 0 Å². The number of fused-ring (bicyclic) bond motifs is 1. The number of aromatic nitrogens is 1. The second-order valence-corrected chi connectivity index (χ2v) is 4.21. The van der Waals surface area contributed by atoms with Gasteiger partial charge in [-0.3, -0.25) is 9.59 Å². The predicted octanol–water partition coefficient (Wildman–Crippen LogP) is 0.922. The van der Waals surface area contributed by atoms with Crippen molar-refractivity contribution in [1.29, 1.82) is 0 Å². The van der Waals surface area contributed by atoms with E-state index in [0.717, 1.165) is 5.39 Å². The van der Waals surface area contributed by atoms with Crippen molar-refractivity contribution in [3.05, 3.63) is 35.5 Å². The number of aromatic amines is 1. The second kappa shape index (κ2) is 5.11. The third-order valence-corrected chi connectivity index (χ3v) is 3.02. The average molecular weight is 262 g/mol. The summed E-state index contributed by atoms with van der Waals surface area (Å²) >= 11 is 0. The van der Waals surface area contributed by atoms with E-state index in [9.17, 15) is 9.59 Å². The molecule has 6 heteroatoms. The molecule has 0 radical (unpaired) electrons. The fourth-order valence-corrected chi connectivity index (χ4v) is 2.23. The number of rotatable bonds is 5. The molecule has 100 valence electrons. The Morgan fingerprint density at radius 1 is 1.21 bits per heavy atom. The Kier molecular flexibility index (Phi) is 3.52. The predicted molar refractivity (Wildman–Crippen MR) is 69.1 cm³/mol. The van der Waals surface area contributed by atoms with Crippen LogP contribution >= 0.6 is 0 Å². The number of aliphatic carboxylic acids is 2. The van der Waals surface area contributed by atoms with E-state index in [2.05, 4.69) is 4.98 Å². The normalized spacial score (nSPS) is 11.1. The first-order chi connectivity index (χ1) is 9.06. The Bertz CT molecular complexity index is 619. The van der Waals surface area contributed by atoms with E-state index in [1.807, 2.05) is 12.1 Å². The lowest BCUT2D eigenvalue weighted by Gasteiger charge is -2.08. The van der Waals surface area contributed by atoms with Crippen LogP contribution in [-0.2, 0) is 16.0 Å². The number of carbonyl (C=O) groups is 2. The molecule has 0 atom stereocenters. The van der Waals surface area contributed by atoms with Gasteiger partial charge in [0.15, 0.2) is 5.92 Å². The van der Waals surface area contributed by atoms with Gasteiger partial charge in [0.05, 0.1) is 0 Å². The molecule has 2 rings (SSSR count). The number of carboxylic acids is 2. The molecule has 0 bridgehead atoms. The highest BCUT2D eigenvalue weighted by Gasteiger charge is 2.32. The van der Waals surface area contributed by atoms with Gasteiger partial charge < -0.3 is 20.9 Å². The Balaban J connectivity index is 2.67. The lowest BCUT2D eigenvalue weighted by molar-refractivity contribution is -0.150. The molecule has 0 aliphatic rings. The molecule has 5 N–H and O–H groups in total. The van der Waals surface area contributed by atoms with E-state index in [1.165, 1.54) is 0 Å². The molecule has 19 heavy (non-hydrogen) atoms. The highest BCUT2D eigenvalue weighted by Crippen LogP contribution is 2.28. The molecule has 0 saturated carbocycles. The van der Waals surface area contributed by atoms with Crippen molar-refractivity contribution in [1.82, 2.24) is 4.98 Å². The first kappa shape index (κ1) is 13.1. The highest BCUT2D eigenvalue weighted by atomic mass is 16.4. The van der Waals surface area contributed by atoms with Gasteiger partial charge in [0.25, 0.3) is 0 Å². The van der Waals surface area contributed by atoms with E-state index in [1.54, 1.807) is 12.1 Å². The molecule has 0 fully saturated rings. The maximum Gasteiger partial charge on any atom is 0.324 e. The monoisotopic (exact) mass is 262 g/mol. The summed E-state index contributed by atoms with van der Waals surface area (Å²) in [6.07, 6.45) is 0.427. The van der Waals surface area contributed by atoms with E-state index < -0.39 is 17.9 Å². The van der Waals surface area contributed by atoms with Crippen LogP contribution in [0.3, 0.4) is 0 Å². The van der Waals surface area contributed by atoms with E-state index in [0.29, 0.717) is 24.0 Å². The molecule has 0 spiro atoms. The molecule has 0 aliphatic heterocycles. The van der Waals surface area contributed by atoms with Crippen molar-refractivity contribution >= 4 is 22.8 Å². The van der Waals surface area contributed by atoms with Crippen molar-refractivity contribution in [2.75, 3.05) is 6.54 Å². The van der Waals surface area contributed by atoms with Crippen LogP contribution in [0.1, 0.15) is 17.2 Å². The molecular formula is C13H14N2O4. The number of carboxylic acid groups (broad SMARTS) is 2. The first-order valence-electron chi connectivity index (χ1n) is 5.81. The Morgan fingerprint density at radius 3 is 2.42 bits per heavy atom. The van der Waals surface area contributed by atoms with E-state index in [4.69, 9.17) is 15.9 Å². The van der Waals surface area contributed by atoms with Crippen molar-refractivity contribution in [2.45, 2.75) is 12.3 Å². The van der Waals surface area contributed by atoms with Crippen LogP contribution in [0.25, 0.3) is 10.9 Å². The van der Waals surface area contributed by atoms with Gasteiger partial charge in [-0.2, -0.15) is 0 Å². The molecule has 1 heterocycles. The maximum absolute atomic E-state index is 11.1. The number of hydrogen-bond acceptors (Lipinski definition) is 3. The summed E-state index contributed by atoms with van der Waals surface area (Å²) in [5, 5.41) is 19.0. The number of benzene rings is 1. The Labute approximate surface area is 108 Å². The topological polar surface area (TPSA) is 116 Å². The standard InChI is InChI=1S/C13H14N2O4/c14-6-5-8-7-3-1-2-4-9(7)15-11(8)10(12(16)17)13(18)19/h1-4,10,15H,5-6,14H2,(H,16,17)(H,18,19). The molecule has 2 aromatic rings. The van der Waals surface area contributed by atoms with Crippen LogP contribution in [0.15, 0.2) is 24.3 Å². The molecular weight excluding hydrogens is 248 g/mol. The molecule has 6 nitrogen and oxygen atoms in total. The molecule has 0 unspecified atom stereocenters. The lowest BCUT2D eigenvalue weighted by atomic mass is 9.98. The lowest BCUT2D eigenvalue weighted by Crippen LogP contribution is -2.23. The number of nitrogens with one attached hydrogen (secondary N) is 1. The number of para-hydroxylation sites is 1. The zero-order chi connectivity index (χ0) is 14.0.